The third-order valence-corrected chi connectivity index (χ3v) is 8.68. The van der Waals surface area contributed by atoms with Gasteiger partial charge in [0.2, 0.25) is 5.91 Å². The zero-order chi connectivity index (χ0) is 30.3. The molecule has 0 radical (unpaired) electrons. The van der Waals surface area contributed by atoms with Crippen LogP contribution in [0.3, 0.4) is 0 Å². The van der Waals surface area contributed by atoms with Gasteiger partial charge in [-0.05, 0) is 23.8 Å². The van der Waals surface area contributed by atoms with Gasteiger partial charge in [0.1, 0.15) is 11.3 Å². The van der Waals surface area contributed by atoms with Crippen molar-refractivity contribution in [2.75, 3.05) is 25.1 Å². The Bertz CT molecular complexity index is 1640. The quantitative estimate of drug-likeness (QED) is 0.497. The molecular weight excluding hydrogens is 627 g/mol. The molecule has 1 fully saturated rings. The molecule has 0 aromatic heterocycles. The van der Waals surface area contributed by atoms with Crippen molar-refractivity contribution < 1.29 is 49.2 Å². The number of nitrogens with zero attached hydrogens (tertiary/aromatic N) is 2. The normalized spacial score (nSPS) is 21.7. The minimum atomic E-state index is -5.25. The van der Waals surface area contributed by atoms with Gasteiger partial charge in [-0.3, -0.25) is 9.59 Å². The largest absolute Gasteiger partial charge is 0.435 e. The number of hydrogen-bond acceptors (Lipinski definition) is 6. The summed E-state index contributed by atoms with van der Waals surface area (Å²) in [5, 5.41) is 4.53. The number of carbonyl (C=O) groups is 2. The van der Waals surface area contributed by atoms with Crippen molar-refractivity contribution in [2.24, 2.45) is 5.16 Å². The summed E-state index contributed by atoms with van der Waals surface area (Å²) < 4.78 is 107. The Morgan fingerprint density at radius 3 is 2.37 bits per heavy atom. The molecule has 1 N–H and O–H groups in total. The fourth-order valence-corrected chi connectivity index (χ4v) is 6.18. The molecular formula is C24H17Cl2F6N3O5S. The second-order valence-corrected chi connectivity index (χ2v) is 13.0. The number of oxime groups is 1. The summed E-state index contributed by atoms with van der Waals surface area (Å²) >= 11 is 11.4. The summed E-state index contributed by atoms with van der Waals surface area (Å²) in [5.41, 5.74) is -6.60. The zero-order valence-corrected chi connectivity index (χ0v) is 22.9. The van der Waals surface area contributed by atoms with Crippen molar-refractivity contribution in [2.45, 2.75) is 29.9 Å². The highest BCUT2D eigenvalue weighted by Gasteiger charge is 2.63. The Kier molecular flexibility index (Phi) is 6.63. The van der Waals surface area contributed by atoms with Gasteiger partial charge in [0.15, 0.2) is 9.84 Å². The van der Waals surface area contributed by atoms with Gasteiger partial charge in [-0.25, -0.2) is 8.42 Å². The first kappa shape index (κ1) is 29.5. The highest BCUT2D eigenvalue weighted by molar-refractivity contribution is 7.91. The van der Waals surface area contributed by atoms with Gasteiger partial charge in [0.05, 0.1) is 21.3 Å². The maximum atomic E-state index is 14.4. The van der Waals surface area contributed by atoms with Crippen molar-refractivity contribution in [3.05, 3.63) is 68.2 Å². The second-order valence-electron chi connectivity index (χ2n) is 10.1. The first-order chi connectivity index (χ1) is 18.8. The maximum absolute atomic E-state index is 14.4. The molecule has 2 amide bonds. The van der Waals surface area contributed by atoms with E-state index in [0.717, 1.165) is 6.26 Å². The molecule has 0 saturated carbocycles. The van der Waals surface area contributed by atoms with Crippen molar-refractivity contribution in [1.82, 2.24) is 10.2 Å². The molecule has 2 aromatic carbocycles. The van der Waals surface area contributed by atoms with E-state index in [1.54, 1.807) is 0 Å². The minimum absolute atomic E-state index is 0.0143. The van der Waals surface area contributed by atoms with Crippen molar-refractivity contribution >= 4 is 50.6 Å². The lowest BCUT2D eigenvalue weighted by molar-refractivity contribution is -0.276. The van der Waals surface area contributed by atoms with Gasteiger partial charge >= 0.3 is 12.4 Å². The number of likely N-dealkylation sites (tertiary alicyclic amines) is 1. The van der Waals surface area contributed by atoms with E-state index < -0.39 is 78.5 Å². The number of benzene rings is 2. The summed E-state index contributed by atoms with van der Waals surface area (Å²) in [6.45, 7) is -0.0287. The van der Waals surface area contributed by atoms with E-state index in [-0.39, 0.29) is 36.0 Å². The van der Waals surface area contributed by atoms with Crippen molar-refractivity contribution in [3.63, 3.8) is 0 Å². The van der Waals surface area contributed by atoms with Crippen LogP contribution < -0.4 is 5.32 Å². The SMILES string of the molecule is CS(=O)(=O)CC(=O)N1CC2(C1)NC(=O)c1cc(C3=NOC(c4cc(Cl)c(Cl)c(C(F)(F)F)c4)(C(F)(F)F)C3)ccc12. The minimum Gasteiger partial charge on any atom is -0.374 e. The van der Waals surface area contributed by atoms with Crippen LogP contribution in [0.4, 0.5) is 26.3 Å². The van der Waals surface area contributed by atoms with Gasteiger partial charge in [-0.15, -0.1) is 0 Å². The van der Waals surface area contributed by atoms with Crippen LogP contribution in [0.1, 0.15) is 39.0 Å². The molecule has 0 bridgehead atoms. The van der Waals surface area contributed by atoms with E-state index in [4.69, 9.17) is 28.0 Å². The molecule has 2 aromatic rings. The Morgan fingerprint density at radius 1 is 1.12 bits per heavy atom. The molecule has 0 aliphatic carbocycles. The van der Waals surface area contributed by atoms with Gasteiger partial charge in [-0.1, -0.05) is 40.5 Å². The number of rotatable bonds is 4. The zero-order valence-electron chi connectivity index (χ0n) is 20.6. The third-order valence-electron chi connectivity index (χ3n) is 7.11. The van der Waals surface area contributed by atoms with Crippen LogP contribution in [0.2, 0.25) is 10.0 Å². The average Bonchev–Trinajstić information content (AvgIpc) is 3.38. The average molecular weight is 644 g/mol. The topological polar surface area (TPSA) is 105 Å². The van der Waals surface area contributed by atoms with E-state index in [2.05, 4.69) is 10.5 Å². The van der Waals surface area contributed by atoms with E-state index in [1.807, 2.05) is 0 Å². The molecule has 1 unspecified atom stereocenters. The first-order valence-electron chi connectivity index (χ1n) is 11.6. The molecule has 1 spiro atoms. The Labute approximate surface area is 238 Å². The highest BCUT2D eigenvalue weighted by Crippen LogP contribution is 2.52. The Morgan fingerprint density at radius 2 is 1.78 bits per heavy atom. The molecule has 5 rings (SSSR count). The van der Waals surface area contributed by atoms with Crippen LogP contribution in [-0.4, -0.2) is 62.1 Å². The standard InChI is InChI=1S/C24H17Cl2F6N3O5S/c1-41(38,39)8-18(36)35-9-21(10-35)14-3-2-11(4-13(14)20(37)33-21)17-7-22(40-34-17,24(30,31)32)12-5-15(23(27,28)29)19(26)16(25)6-12/h2-6H,7-10H2,1H3,(H,33,37). The molecule has 41 heavy (non-hydrogen) atoms. The summed E-state index contributed by atoms with van der Waals surface area (Å²) in [6, 6.07) is 4.95. The van der Waals surface area contributed by atoms with Crippen LogP contribution in [0.15, 0.2) is 35.5 Å². The lowest BCUT2D eigenvalue weighted by Gasteiger charge is -2.48. The molecule has 1 saturated heterocycles. The fourth-order valence-electron chi connectivity index (χ4n) is 5.11. The molecule has 3 aliphatic heterocycles. The first-order valence-corrected chi connectivity index (χ1v) is 14.4. The third kappa shape index (κ3) is 4.91. The van der Waals surface area contributed by atoms with Crippen LogP contribution >= 0.6 is 23.2 Å². The summed E-state index contributed by atoms with van der Waals surface area (Å²) in [5.74, 6) is -1.93. The van der Waals surface area contributed by atoms with E-state index in [9.17, 15) is 44.3 Å². The van der Waals surface area contributed by atoms with Gasteiger partial charge in [0, 0.05) is 42.5 Å². The molecule has 1 atom stereocenters. The van der Waals surface area contributed by atoms with Crippen LogP contribution in [0, 0.1) is 0 Å². The molecule has 3 heterocycles. The van der Waals surface area contributed by atoms with E-state index >= 15 is 0 Å². The van der Waals surface area contributed by atoms with Crippen LogP contribution in [-0.2, 0) is 36.8 Å². The summed E-state index contributed by atoms with van der Waals surface area (Å²) in [6.07, 6.45) is -10.5. The van der Waals surface area contributed by atoms with Crippen molar-refractivity contribution in [1.29, 1.82) is 0 Å². The second kappa shape index (κ2) is 9.23. The number of fused-ring (bicyclic) bond motifs is 2. The van der Waals surface area contributed by atoms with Gasteiger partial charge in [0.25, 0.3) is 11.5 Å². The lowest BCUT2D eigenvalue weighted by Crippen LogP contribution is -2.67. The van der Waals surface area contributed by atoms with Gasteiger partial charge in [-0.2, -0.15) is 26.3 Å². The monoisotopic (exact) mass is 643 g/mol. The molecule has 220 valence electrons. The van der Waals surface area contributed by atoms with E-state index in [0.29, 0.717) is 11.6 Å². The number of amides is 2. The van der Waals surface area contributed by atoms with Crippen LogP contribution in [0.25, 0.3) is 0 Å². The molecule has 3 aliphatic rings. The highest BCUT2D eigenvalue weighted by atomic mass is 35.5. The fraction of sp³-hybridized carbons (Fsp3) is 0.375. The number of carbonyl (C=O) groups excluding carboxylic acids is 2. The van der Waals surface area contributed by atoms with Gasteiger partial charge < -0.3 is 15.1 Å². The number of nitrogens with one attached hydrogen (secondary N) is 1. The number of sulfone groups is 1. The maximum Gasteiger partial charge on any atom is 0.435 e. The number of alkyl halides is 6. The predicted octanol–water partition coefficient (Wildman–Crippen LogP) is 4.42. The lowest BCUT2D eigenvalue weighted by atomic mass is 9.81. The summed E-state index contributed by atoms with van der Waals surface area (Å²) in [4.78, 5) is 31.0. The molecule has 8 nitrogen and oxygen atoms in total. The number of hydrogen-bond donors (Lipinski definition) is 1. The summed E-state index contributed by atoms with van der Waals surface area (Å²) in [7, 11) is -3.57. The van der Waals surface area contributed by atoms with E-state index in [1.165, 1.54) is 23.1 Å². The Hall–Kier alpha value is -3.04. The van der Waals surface area contributed by atoms with Crippen LogP contribution in [0.5, 0.6) is 0 Å². The predicted molar refractivity (Wildman–Crippen MR) is 133 cm³/mol. The smallest absolute Gasteiger partial charge is 0.374 e. The number of halogens is 8. The molecule has 17 heteroatoms. The Balaban J connectivity index is 1.44. The van der Waals surface area contributed by atoms with Crippen molar-refractivity contribution in [3.8, 4) is 0 Å².